The van der Waals surface area contributed by atoms with Crippen molar-refractivity contribution in [3.8, 4) is 5.75 Å². The molecule has 2 aromatic rings. The third kappa shape index (κ3) is 15.6. The molecule has 1 amide bonds. The Bertz CT molecular complexity index is 1570. The molecule has 6 atom stereocenters. The normalized spacial score (nSPS) is 15.4. The van der Waals surface area contributed by atoms with E-state index in [-0.39, 0.29) is 36.7 Å². The molecule has 0 saturated carbocycles. The number of benzene rings is 2. The molecule has 54 heavy (non-hydrogen) atoms. The number of hydrogen-bond donors (Lipinski definition) is 4. The molecule has 2 rings (SSSR count). The highest BCUT2D eigenvalue weighted by atomic mass is 35.6. The second-order valence-electron chi connectivity index (χ2n) is 13.9. The van der Waals surface area contributed by atoms with Crippen molar-refractivity contribution in [2.24, 2.45) is 23.0 Å². The summed E-state index contributed by atoms with van der Waals surface area (Å²) in [6, 6.07) is 12.0. The lowest BCUT2D eigenvalue weighted by Crippen LogP contribution is -2.43. The SMILES string of the molecule is COc1ccc(C[C@@H](NC(=O)/C=C/C[C@H](OC(=O)[C@H](CC(C)C)OC(=O)C(C)(C)CN)[C@H](C)[C@@H](O)[C@H](O)c2ccccc2)C(=O)OCC(Cl)(Cl)Cl)cc1Cl. The summed E-state index contributed by atoms with van der Waals surface area (Å²) in [6.07, 6.45) is -2.77. The maximum Gasteiger partial charge on any atom is 0.347 e. The van der Waals surface area contributed by atoms with Crippen molar-refractivity contribution in [1.29, 1.82) is 0 Å². The van der Waals surface area contributed by atoms with Gasteiger partial charge in [0.05, 0.1) is 23.7 Å². The molecule has 12 nitrogen and oxygen atoms in total. The Morgan fingerprint density at radius 1 is 0.963 bits per heavy atom. The molecular weight excluding hydrogens is 786 g/mol. The van der Waals surface area contributed by atoms with Crippen LogP contribution in [0.25, 0.3) is 0 Å². The Labute approximate surface area is 336 Å². The van der Waals surface area contributed by atoms with Crippen LogP contribution in [-0.4, -0.2) is 82.4 Å². The van der Waals surface area contributed by atoms with Crippen LogP contribution in [0.4, 0.5) is 0 Å². The van der Waals surface area contributed by atoms with Crippen LogP contribution in [-0.2, 0) is 39.8 Å². The quantitative estimate of drug-likeness (QED) is 0.0546. The molecule has 0 fully saturated rings. The summed E-state index contributed by atoms with van der Waals surface area (Å²) in [5.74, 6) is -3.77. The molecule has 5 N–H and O–H groups in total. The van der Waals surface area contributed by atoms with Gasteiger partial charge in [0.1, 0.15) is 30.6 Å². The Morgan fingerprint density at radius 3 is 2.17 bits per heavy atom. The molecule has 0 aliphatic rings. The number of methoxy groups -OCH3 is 1. The molecule has 0 aromatic heterocycles. The van der Waals surface area contributed by atoms with Gasteiger partial charge in [-0.15, -0.1) is 0 Å². The van der Waals surface area contributed by atoms with E-state index in [4.69, 9.17) is 71.1 Å². The maximum absolute atomic E-state index is 13.6. The number of aliphatic hydroxyl groups excluding tert-OH is 2. The van der Waals surface area contributed by atoms with Crippen LogP contribution in [0.15, 0.2) is 60.7 Å². The Kier molecular flexibility index (Phi) is 19.0. The Morgan fingerprint density at radius 2 is 1.61 bits per heavy atom. The van der Waals surface area contributed by atoms with Crippen molar-refractivity contribution in [2.75, 3.05) is 20.3 Å². The molecule has 0 aliphatic heterocycles. The number of nitrogens with two attached hydrogens (primary N) is 1. The molecule has 16 heteroatoms. The number of hydrogen-bond acceptors (Lipinski definition) is 11. The number of aliphatic hydroxyl groups is 2. The summed E-state index contributed by atoms with van der Waals surface area (Å²) in [6.45, 7) is 7.82. The smallest absolute Gasteiger partial charge is 0.347 e. The van der Waals surface area contributed by atoms with E-state index >= 15 is 0 Å². The third-order valence-electron chi connectivity index (χ3n) is 8.39. The molecule has 300 valence electrons. The first-order valence-electron chi connectivity index (χ1n) is 17.2. The highest BCUT2D eigenvalue weighted by molar-refractivity contribution is 6.67. The largest absolute Gasteiger partial charge is 0.495 e. The number of ether oxygens (including phenoxy) is 4. The van der Waals surface area contributed by atoms with Crippen LogP contribution in [0.2, 0.25) is 5.02 Å². The fourth-order valence-electron chi connectivity index (χ4n) is 4.99. The fourth-order valence-corrected chi connectivity index (χ4v) is 5.44. The van der Waals surface area contributed by atoms with Crippen molar-refractivity contribution in [3.05, 3.63) is 76.8 Å². The van der Waals surface area contributed by atoms with E-state index in [2.05, 4.69) is 5.32 Å². The summed E-state index contributed by atoms with van der Waals surface area (Å²) in [4.78, 5) is 52.7. The number of carbonyl (C=O) groups is 4. The zero-order valence-corrected chi connectivity index (χ0v) is 34.1. The van der Waals surface area contributed by atoms with Crippen molar-refractivity contribution in [1.82, 2.24) is 5.32 Å². The first kappa shape index (κ1) is 47.1. The van der Waals surface area contributed by atoms with Gasteiger partial charge in [-0.05, 0) is 55.5 Å². The van der Waals surface area contributed by atoms with Crippen molar-refractivity contribution in [3.63, 3.8) is 0 Å². The molecule has 0 saturated heterocycles. The summed E-state index contributed by atoms with van der Waals surface area (Å²) >= 11 is 23.5. The van der Waals surface area contributed by atoms with Gasteiger partial charge in [0.25, 0.3) is 0 Å². The molecule has 0 spiro atoms. The molecule has 0 radical (unpaired) electrons. The van der Waals surface area contributed by atoms with E-state index < -0.39 is 76.0 Å². The molecule has 0 bridgehead atoms. The van der Waals surface area contributed by atoms with Gasteiger partial charge in [-0.25, -0.2) is 9.59 Å². The average molecular weight is 837 g/mol. The first-order valence-corrected chi connectivity index (χ1v) is 18.8. The van der Waals surface area contributed by atoms with Crippen LogP contribution in [0.5, 0.6) is 5.75 Å². The molecule has 2 aromatic carbocycles. The first-order chi connectivity index (χ1) is 25.2. The number of nitrogens with one attached hydrogen (secondary N) is 1. The number of amides is 1. The monoisotopic (exact) mass is 834 g/mol. The molecule has 0 unspecified atom stereocenters. The maximum atomic E-state index is 13.6. The number of carbonyl (C=O) groups excluding carboxylic acids is 4. The minimum Gasteiger partial charge on any atom is -0.495 e. The minimum atomic E-state index is -1.90. The average Bonchev–Trinajstić information content (AvgIpc) is 3.11. The summed E-state index contributed by atoms with van der Waals surface area (Å²) in [5, 5.41) is 25.1. The number of halogens is 4. The predicted octanol–water partition coefficient (Wildman–Crippen LogP) is 5.82. The number of rotatable bonds is 20. The van der Waals surface area contributed by atoms with Crippen LogP contribution in [0.1, 0.15) is 64.7 Å². The summed E-state index contributed by atoms with van der Waals surface area (Å²) < 4.78 is 19.9. The highest BCUT2D eigenvalue weighted by Gasteiger charge is 2.37. The summed E-state index contributed by atoms with van der Waals surface area (Å²) in [7, 11) is 1.45. The van der Waals surface area contributed by atoms with Gasteiger partial charge < -0.3 is 40.2 Å². The number of esters is 3. The van der Waals surface area contributed by atoms with Crippen molar-refractivity contribution < 1.29 is 48.3 Å². The Hall–Kier alpha value is -3.10. The van der Waals surface area contributed by atoms with E-state index in [1.54, 1.807) is 69.3 Å². The molecular formula is C38H50Cl4N2O10. The number of alkyl halides is 3. The van der Waals surface area contributed by atoms with Crippen LogP contribution in [0, 0.1) is 17.3 Å². The second kappa shape index (κ2) is 21.8. The molecule has 0 heterocycles. The standard InChI is InChI=1S/C38H50Cl4N2O10/c1-22(2)17-30(54-36(50)37(4,5)20-43)35(49)53-28(23(3)32(46)33(47)25-11-8-7-9-12-25)13-10-14-31(45)44-27(34(48)52-21-38(40,41)42)19-24-15-16-29(51-6)26(39)18-24/h7-12,14-16,18,22-23,27-28,30,32-33,46-47H,13,17,19-21,43H2,1-6H3,(H,44,45)/b14-10+/t23-,27+,28-,30-,32+,33+/m0/s1. The van der Waals surface area contributed by atoms with Gasteiger partial charge in [-0.2, -0.15) is 0 Å². The van der Waals surface area contributed by atoms with E-state index in [0.717, 1.165) is 6.08 Å². The lowest BCUT2D eigenvalue weighted by atomic mass is 9.89. The van der Waals surface area contributed by atoms with E-state index in [9.17, 15) is 29.4 Å². The molecule has 0 aliphatic carbocycles. The zero-order valence-electron chi connectivity index (χ0n) is 31.1. The predicted molar refractivity (Wildman–Crippen MR) is 207 cm³/mol. The fraction of sp³-hybridized carbons (Fsp3) is 0.526. The highest BCUT2D eigenvalue weighted by Crippen LogP contribution is 2.29. The lowest BCUT2D eigenvalue weighted by molar-refractivity contribution is -0.181. The van der Waals surface area contributed by atoms with Gasteiger partial charge in [0.15, 0.2) is 6.10 Å². The van der Waals surface area contributed by atoms with Gasteiger partial charge in [-0.1, -0.05) is 110 Å². The van der Waals surface area contributed by atoms with Crippen LogP contribution < -0.4 is 15.8 Å². The van der Waals surface area contributed by atoms with E-state index in [0.29, 0.717) is 16.9 Å². The minimum absolute atomic E-state index is 0.0231. The van der Waals surface area contributed by atoms with Crippen molar-refractivity contribution in [2.45, 2.75) is 88.1 Å². The topological polar surface area (TPSA) is 184 Å². The Balaban J connectivity index is 2.36. The van der Waals surface area contributed by atoms with Gasteiger partial charge in [0, 0.05) is 25.3 Å². The van der Waals surface area contributed by atoms with Crippen molar-refractivity contribution >= 4 is 70.2 Å². The van der Waals surface area contributed by atoms with Crippen LogP contribution in [0.3, 0.4) is 0 Å². The zero-order chi connectivity index (χ0) is 40.8. The summed E-state index contributed by atoms with van der Waals surface area (Å²) in [5.41, 5.74) is 5.66. The van der Waals surface area contributed by atoms with Gasteiger partial charge in [0.2, 0.25) is 9.70 Å². The van der Waals surface area contributed by atoms with E-state index in [1.165, 1.54) is 13.2 Å². The van der Waals surface area contributed by atoms with Crippen LogP contribution >= 0.6 is 46.4 Å². The van der Waals surface area contributed by atoms with E-state index in [1.807, 2.05) is 13.8 Å². The lowest BCUT2D eigenvalue weighted by Gasteiger charge is -2.32. The second-order valence-corrected chi connectivity index (χ2v) is 16.8. The van der Waals surface area contributed by atoms with Gasteiger partial charge in [-0.3, -0.25) is 9.59 Å². The third-order valence-corrected chi connectivity index (χ3v) is 9.01. The van der Waals surface area contributed by atoms with Gasteiger partial charge >= 0.3 is 17.9 Å².